The van der Waals surface area contributed by atoms with Crippen molar-refractivity contribution in [2.75, 3.05) is 14.2 Å². The smallest absolute Gasteiger partial charge is 0.569 e. The van der Waals surface area contributed by atoms with Gasteiger partial charge >= 0.3 is 11.9 Å². The molecule has 1 unspecified atom stereocenters. The van der Waals surface area contributed by atoms with Crippen molar-refractivity contribution in [2.45, 2.75) is 0 Å². The zero-order chi connectivity index (χ0) is 8.43. The number of ether oxygens (including phenoxy) is 2. The van der Waals surface area contributed by atoms with E-state index >= 15 is 0 Å². The van der Waals surface area contributed by atoms with Gasteiger partial charge in [-0.15, -0.1) is 0 Å². The van der Waals surface area contributed by atoms with Crippen molar-refractivity contribution in [3.63, 3.8) is 0 Å². The first-order valence-electron chi connectivity index (χ1n) is 2.89. The monoisotopic (exact) mass is 160 g/mol. The summed E-state index contributed by atoms with van der Waals surface area (Å²) < 4.78 is 9.40. The summed E-state index contributed by atoms with van der Waals surface area (Å²) in [6.07, 6.45) is 1.08. The highest BCUT2D eigenvalue weighted by Crippen LogP contribution is 1.97. The van der Waals surface area contributed by atoms with Crippen LogP contribution in [-0.2, 0) is 9.47 Å². The highest BCUT2D eigenvalue weighted by molar-refractivity contribution is 5.60. The molecule has 1 atom stereocenters. The molecule has 0 fully saturated rings. The number of amidine groups is 1. The second-order valence-corrected chi connectivity index (χ2v) is 1.85. The minimum absolute atomic E-state index is 0.0492. The summed E-state index contributed by atoms with van der Waals surface area (Å²) >= 11 is 0. The summed E-state index contributed by atoms with van der Waals surface area (Å²) in [7, 11) is 2.56. The Bertz CT molecular complexity index is 223. The van der Waals surface area contributed by atoms with Gasteiger partial charge in [0.1, 0.15) is 0 Å². The maximum Gasteiger partial charge on any atom is 0.569 e. The van der Waals surface area contributed by atoms with Crippen molar-refractivity contribution >= 4 is 6.02 Å². The molecule has 0 bridgehead atoms. The van der Waals surface area contributed by atoms with Crippen molar-refractivity contribution in [1.82, 2.24) is 0 Å². The molecule has 1 heterocycles. The van der Waals surface area contributed by atoms with E-state index in [2.05, 4.69) is 9.47 Å². The molecule has 0 aliphatic carbocycles. The number of rotatable bonds is 1. The van der Waals surface area contributed by atoms with Crippen LogP contribution in [0, 0.1) is 10.4 Å². The first-order chi connectivity index (χ1) is 5.20. The maximum absolute atomic E-state index is 10.9. The lowest BCUT2D eigenvalue weighted by Gasteiger charge is -2.06. The van der Waals surface area contributed by atoms with Crippen LogP contribution in [0.5, 0.6) is 0 Å². The van der Waals surface area contributed by atoms with Crippen LogP contribution in [0.1, 0.15) is 0 Å². The van der Waals surface area contributed by atoms with Crippen LogP contribution in [-0.4, -0.2) is 25.0 Å². The predicted molar refractivity (Wildman–Crippen MR) is 35.1 cm³/mol. The molecule has 6 heteroatoms. The lowest BCUT2D eigenvalue weighted by atomic mass is 10.8. The maximum atomic E-state index is 10.9. The van der Waals surface area contributed by atoms with E-state index in [1.807, 2.05) is 0 Å². The number of hydrogen-bond acceptors (Lipinski definition) is 4. The number of nitrogens with zero attached hydrogens (tertiary/aromatic N) is 1. The van der Waals surface area contributed by atoms with Crippen LogP contribution < -0.4 is 5.06 Å². The Morgan fingerprint density at radius 3 is 2.36 bits per heavy atom. The molecule has 0 aromatic heterocycles. The van der Waals surface area contributed by atoms with Gasteiger partial charge < -0.3 is 19.9 Å². The van der Waals surface area contributed by atoms with Gasteiger partial charge in [-0.25, -0.2) is 5.06 Å². The van der Waals surface area contributed by atoms with Crippen LogP contribution in [0.15, 0.2) is 12.1 Å². The standard InChI is InChI=1S/C5H8N2O4/c1-10-4-3-6(8)5(11-2)7(4)9/h3,6H,1-2H3. The fraction of sp³-hybridized carbons (Fsp3) is 0.400. The Hall–Kier alpha value is -1.27. The van der Waals surface area contributed by atoms with E-state index in [1.165, 1.54) is 14.2 Å². The zero-order valence-electron chi connectivity index (χ0n) is 6.16. The molecule has 62 valence electrons. The topological polar surface area (TPSA) is 72.0 Å². The summed E-state index contributed by atoms with van der Waals surface area (Å²) in [5.74, 6) is -0.0492. The normalized spacial score (nSPS) is 23.5. The van der Waals surface area contributed by atoms with Crippen molar-refractivity contribution in [2.24, 2.45) is 0 Å². The Morgan fingerprint density at radius 1 is 1.45 bits per heavy atom. The molecule has 0 aromatic rings. The second kappa shape index (κ2) is 2.77. The van der Waals surface area contributed by atoms with Gasteiger partial charge in [-0.3, -0.25) is 0 Å². The number of hydrogen-bond donors (Lipinski definition) is 1. The lowest BCUT2D eigenvalue weighted by molar-refractivity contribution is -0.712. The first-order valence-corrected chi connectivity index (χ1v) is 2.89. The third kappa shape index (κ3) is 1.13. The Morgan fingerprint density at radius 2 is 2.09 bits per heavy atom. The summed E-state index contributed by atoms with van der Waals surface area (Å²) in [6.45, 7) is 0. The number of methoxy groups -OCH3 is 2. The minimum atomic E-state index is -0.473. The SMILES string of the molecule is COC1=C[NH+]([O-])C(OC)=[N+]1[O-]. The van der Waals surface area contributed by atoms with Gasteiger partial charge in [0.2, 0.25) is 6.20 Å². The fourth-order valence-electron chi connectivity index (χ4n) is 0.758. The predicted octanol–water partition coefficient (Wildman–Crippen LogP) is -1.66. The van der Waals surface area contributed by atoms with Gasteiger partial charge in [0, 0.05) is 0 Å². The fourth-order valence-corrected chi connectivity index (χ4v) is 0.758. The van der Waals surface area contributed by atoms with E-state index in [0.717, 1.165) is 6.20 Å². The van der Waals surface area contributed by atoms with Crippen LogP contribution in [0.3, 0.4) is 0 Å². The van der Waals surface area contributed by atoms with Crippen LogP contribution >= 0.6 is 0 Å². The second-order valence-electron chi connectivity index (χ2n) is 1.85. The van der Waals surface area contributed by atoms with Crippen LogP contribution in [0.2, 0.25) is 0 Å². The largest absolute Gasteiger partial charge is 0.617 e. The lowest BCUT2D eigenvalue weighted by Crippen LogP contribution is -3.05. The molecule has 1 aliphatic rings. The first kappa shape index (κ1) is 7.83. The molecule has 1 aliphatic heterocycles. The van der Waals surface area contributed by atoms with Gasteiger partial charge in [-0.2, -0.15) is 0 Å². The molecule has 0 saturated carbocycles. The minimum Gasteiger partial charge on any atom is -0.617 e. The van der Waals surface area contributed by atoms with E-state index in [1.54, 1.807) is 0 Å². The molecular weight excluding hydrogens is 152 g/mol. The van der Waals surface area contributed by atoms with Gasteiger partial charge in [0.15, 0.2) is 0 Å². The van der Waals surface area contributed by atoms with E-state index in [4.69, 9.17) is 0 Å². The summed E-state index contributed by atoms with van der Waals surface area (Å²) in [4.78, 5) is 0. The Kier molecular flexibility index (Phi) is 1.97. The number of nitrogens with one attached hydrogen (secondary N) is 1. The van der Waals surface area contributed by atoms with Crippen molar-refractivity contribution < 1.29 is 19.3 Å². The van der Waals surface area contributed by atoms with E-state index in [9.17, 15) is 10.4 Å². The average molecular weight is 160 g/mol. The summed E-state index contributed by atoms with van der Waals surface area (Å²) in [6, 6.07) is -0.262. The molecule has 6 nitrogen and oxygen atoms in total. The molecule has 0 radical (unpaired) electrons. The highest BCUT2D eigenvalue weighted by atomic mass is 16.6. The van der Waals surface area contributed by atoms with Gasteiger partial charge in [0.05, 0.1) is 14.2 Å². The van der Waals surface area contributed by atoms with Crippen molar-refractivity contribution in [3.05, 3.63) is 22.5 Å². The molecule has 0 spiro atoms. The number of quaternary nitrogens is 1. The zero-order valence-corrected chi connectivity index (χ0v) is 6.16. The van der Waals surface area contributed by atoms with Crippen molar-refractivity contribution in [1.29, 1.82) is 0 Å². The molecule has 0 saturated heterocycles. The number of hydroxylamine groups is 3. The van der Waals surface area contributed by atoms with Crippen LogP contribution in [0.4, 0.5) is 0 Å². The summed E-state index contributed by atoms with van der Waals surface area (Å²) in [5, 5.41) is 21.3. The van der Waals surface area contributed by atoms with E-state index in [0.29, 0.717) is 4.74 Å². The van der Waals surface area contributed by atoms with Gasteiger partial charge in [-0.1, -0.05) is 0 Å². The van der Waals surface area contributed by atoms with E-state index in [-0.39, 0.29) is 11.9 Å². The molecular formula is C5H8N2O4. The molecule has 0 aromatic carbocycles. The Labute approximate surface area is 63.1 Å². The molecule has 0 amide bonds. The molecule has 1 N–H and O–H groups in total. The molecule has 11 heavy (non-hydrogen) atoms. The average Bonchev–Trinajstić information content (AvgIpc) is 2.26. The van der Waals surface area contributed by atoms with Crippen molar-refractivity contribution in [3.8, 4) is 0 Å². The quantitative estimate of drug-likeness (QED) is 0.368. The van der Waals surface area contributed by atoms with Gasteiger partial charge in [0.25, 0.3) is 0 Å². The van der Waals surface area contributed by atoms with E-state index < -0.39 is 5.06 Å². The van der Waals surface area contributed by atoms with Gasteiger partial charge in [-0.05, 0) is 4.74 Å². The Balaban J connectivity index is 2.89. The highest BCUT2D eigenvalue weighted by Gasteiger charge is 2.32. The summed E-state index contributed by atoms with van der Waals surface area (Å²) in [5.41, 5.74) is 0. The molecule has 1 rings (SSSR count). The third-order valence-electron chi connectivity index (χ3n) is 1.25. The third-order valence-corrected chi connectivity index (χ3v) is 1.25. The van der Waals surface area contributed by atoms with Crippen LogP contribution in [0.25, 0.3) is 0 Å².